The summed E-state index contributed by atoms with van der Waals surface area (Å²) < 4.78 is 38.5. The molecule has 4 rings (SSSR count). The predicted octanol–water partition coefficient (Wildman–Crippen LogP) is 4.53. The molecule has 1 N–H and O–H groups in total. The van der Waals surface area contributed by atoms with Crippen molar-refractivity contribution in [3.63, 3.8) is 0 Å². The zero-order valence-corrected chi connectivity index (χ0v) is 18.5. The molecule has 1 saturated heterocycles. The number of carbonyl (C=O) groups is 1. The lowest BCUT2D eigenvalue weighted by molar-refractivity contribution is -0.137. The Morgan fingerprint density at radius 3 is 2.59 bits per heavy atom. The zero-order chi connectivity index (χ0) is 24.3. The maximum absolute atomic E-state index is 13.6. The third-order valence-electron chi connectivity index (χ3n) is 5.65. The average molecular weight is 468 g/mol. The van der Waals surface area contributed by atoms with Gasteiger partial charge in [0.15, 0.2) is 5.82 Å². The number of halogens is 3. The second-order valence-electron chi connectivity index (χ2n) is 8.03. The Labute approximate surface area is 194 Å². The highest BCUT2D eigenvalue weighted by molar-refractivity contribution is 5.98. The molecule has 7 nitrogen and oxygen atoms in total. The number of likely N-dealkylation sites (tertiary alicyclic amines) is 1. The molecule has 0 spiro atoms. The van der Waals surface area contributed by atoms with Crippen LogP contribution in [0, 0.1) is 6.92 Å². The van der Waals surface area contributed by atoms with Crippen molar-refractivity contribution in [2.24, 2.45) is 0 Å². The Hall–Kier alpha value is -3.82. The average Bonchev–Trinajstić information content (AvgIpc) is 2.84. The summed E-state index contributed by atoms with van der Waals surface area (Å²) in [5, 5.41) is 3.16. The van der Waals surface area contributed by atoms with Crippen LogP contribution in [0.4, 0.5) is 19.0 Å². The van der Waals surface area contributed by atoms with Gasteiger partial charge in [-0.1, -0.05) is 6.08 Å². The lowest BCUT2D eigenvalue weighted by Gasteiger charge is -2.40. The molecule has 3 aromatic rings. The third-order valence-corrected chi connectivity index (χ3v) is 5.65. The summed E-state index contributed by atoms with van der Waals surface area (Å²) in [7, 11) is 0. The first-order chi connectivity index (χ1) is 16.3. The minimum atomic E-state index is -4.45. The van der Waals surface area contributed by atoms with Crippen LogP contribution in [0.5, 0.6) is 0 Å². The molecule has 0 radical (unpaired) electrons. The summed E-state index contributed by atoms with van der Waals surface area (Å²) in [6, 6.07) is 5.09. The van der Waals surface area contributed by atoms with E-state index < -0.39 is 17.8 Å². The first-order valence-corrected chi connectivity index (χ1v) is 10.8. The molecular weight excluding hydrogens is 445 g/mol. The van der Waals surface area contributed by atoms with Gasteiger partial charge in [0.25, 0.3) is 5.91 Å². The molecule has 0 aromatic carbocycles. The lowest BCUT2D eigenvalue weighted by atomic mass is 9.95. The maximum atomic E-state index is 13.6. The number of hydrogen-bond donors (Lipinski definition) is 1. The predicted molar refractivity (Wildman–Crippen MR) is 121 cm³/mol. The van der Waals surface area contributed by atoms with E-state index in [1.807, 2.05) is 13.0 Å². The highest BCUT2D eigenvalue weighted by Gasteiger charge is 2.35. The monoisotopic (exact) mass is 468 g/mol. The molecule has 2 unspecified atom stereocenters. The van der Waals surface area contributed by atoms with E-state index in [-0.39, 0.29) is 17.6 Å². The Kier molecular flexibility index (Phi) is 6.58. The lowest BCUT2D eigenvalue weighted by Crippen LogP contribution is -2.52. The molecule has 4 heterocycles. The second kappa shape index (κ2) is 9.58. The summed E-state index contributed by atoms with van der Waals surface area (Å²) in [5.41, 5.74) is 0.815. The summed E-state index contributed by atoms with van der Waals surface area (Å²) >= 11 is 0. The third kappa shape index (κ3) is 4.90. The van der Waals surface area contributed by atoms with Crippen LogP contribution in [0.15, 0.2) is 61.7 Å². The molecule has 1 aliphatic heterocycles. The molecule has 176 valence electrons. The van der Waals surface area contributed by atoms with Crippen LogP contribution in [0.2, 0.25) is 0 Å². The smallest absolute Gasteiger partial charge is 0.365 e. The van der Waals surface area contributed by atoms with Gasteiger partial charge in [0.2, 0.25) is 0 Å². The van der Waals surface area contributed by atoms with E-state index in [1.54, 1.807) is 35.6 Å². The van der Waals surface area contributed by atoms with Crippen molar-refractivity contribution < 1.29 is 18.0 Å². The van der Waals surface area contributed by atoms with E-state index in [2.05, 4.69) is 31.8 Å². The van der Waals surface area contributed by atoms with Gasteiger partial charge in [-0.3, -0.25) is 9.78 Å². The van der Waals surface area contributed by atoms with E-state index >= 15 is 0 Å². The summed E-state index contributed by atoms with van der Waals surface area (Å²) in [5.74, 6) is 0.406. The molecule has 1 fully saturated rings. The Morgan fingerprint density at radius 2 is 1.94 bits per heavy atom. The minimum Gasteiger partial charge on any atom is -0.365 e. The molecule has 2 atom stereocenters. The van der Waals surface area contributed by atoms with Gasteiger partial charge in [-0.2, -0.15) is 13.2 Å². The van der Waals surface area contributed by atoms with E-state index in [0.717, 1.165) is 17.8 Å². The number of hydrogen-bond acceptors (Lipinski definition) is 6. The van der Waals surface area contributed by atoms with Crippen molar-refractivity contribution in [1.82, 2.24) is 24.8 Å². The number of alkyl halides is 3. The Bertz CT molecular complexity index is 1170. The maximum Gasteiger partial charge on any atom is 0.417 e. The summed E-state index contributed by atoms with van der Waals surface area (Å²) in [6.07, 6.45) is 4.20. The number of nitrogens with one attached hydrogen (secondary N) is 1. The number of pyridine rings is 2. The molecule has 1 amide bonds. The van der Waals surface area contributed by atoms with Gasteiger partial charge < -0.3 is 10.2 Å². The molecule has 1 aliphatic rings. The van der Waals surface area contributed by atoms with Crippen molar-refractivity contribution >= 4 is 11.7 Å². The van der Waals surface area contributed by atoms with Crippen molar-refractivity contribution in [2.75, 3.05) is 11.9 Å². The van der Waals surface area contributed by atoms with Crippen molar-refractivity contribution in [1.29, 1.82) is 0 Å². The topological polar surface area (TPSA) is 83.9 Å². The number of amides is 1. The van der Waals surface area contributed by atoms with Crippen molar-refractivity contribution in [3.8, 4) is 11.4 Å². The SMILES string of the molecule is C=CC1C(Nc2ccc(C(F)(F)F)cn2)CCCN1C(=O)c1ncc(C)cc1-c1ncccn1. The molecule has 3 aromatic heterocycles. The van der Waals surface area contributed by atoms with Crippen LogP contribution in [-0.4, -0.2) is 49.4 Å². The van der Waals surface area contributed by atoms with Crippen LogP contribution in [-0.2, 0) is 6.18 Å². The highest BCUT2D eigenvalue weighted by Crippen LogP contribution is 2.30. The van der Waals surface area contributed by atoms with Crippen LogP contribution < -0.4 is 5.32 Å². The number of rotatable bonds is 5. The number of piperidine rings is 1. The summed E-state index contributed by atoms with van der Waals surface area (Å²) in [4.78, 5) is 32.1. The molecular formula is C24H23F3N6O. The van der Waals surface area contributed by atoms with Gasteiger partial charge in [0.1, 0.15) is 11.5 Å². The van der Waals surface area contributed by atoms with Crippen LogP contribution in [0.1, 0.15) is 34.5 Å². The van der Waals surface area contributed by atoms with Gasteiger partial charge in [0.05, 0.1) is 23.2 Å². The summed E-state index contributed by atoms with van der Waals surface area (Å²) in [6.45, 7) is 6.25. The van der Waals surface area contributed by atoms with Crippen LogP contribution in [0.25, 0.3) is 11.4 Å². The number of carbonyl (C=O) groups excluding carboxylic acids is 1. The highest BCUT2D eigenvalue weighted by atomic mass is 19.4. The van der Waals surface area contributed by atoms with E-state index in [1.165, 1.54) is 6.07 Å². The number of aryl methyl sites for hydroxylation is 1. The van der Waals surface area contributed by atoms with Crippen molar-refractivity contribution in [3.05, 3.63) is 78.5 Å². The van der Waals surface area contributed by atoms with Gasteiger partial charge >= 0.3 is 6.18 Å². The number of nitrogens with zero attached hydrogens (tertiary/aromatic N) is 5. The molecule has 10 heteroatoms. The fourth-order valence-electron chi connectivity index (χ4n) is 4.03. The first-order valence-electron chi connectivity index (χ1n) is 10.8. The normalized spacial score (nSPS) is 18.4. The number of anilines is 1. The van der Waals surface area contributed by atoms with Gasteiger partial charge in [-0.05, 0) is 49.6 Å². The van der Waals surface area contributed by atoms with Gasteiger partial charge in [0, 0.05) is 31.3 Å². The van der Waals surface area contributed by atoms with Gasteiger partial charge in [-0.15, -0.1) is 6.58 Å². The second-order valence-corrected chi connectivity index (χ2v) is 8.03. The fourth-order valence-corrected chi connectivity index (χ4v) is 4.03. The minimum absolute atomic E-state index is 0.233. The first kappa shape index (κ1) is 23.3. The Balaban J connectivity index is 1.59. The molecule has 0 saturated carbocycles. The standard InChI is InChI=1S/C24H23F3N6O/c1-3-19-18(32-20-8-7-16(14-30-20)24(25,26)27)6-4-11-33(19)23(34)21-17(12-15(2)13-31-21)22-28-9-5-10-29-22/h3,5,7-10,12-14,18-19H,1,4,6,11H2,2H3,(H,30,32). The molecule has 34 heavy (non-hydrogen) atoms. The fraction of sp³-hybridized carbons (Fsp3) is 0.292. The Morgan fingerprint density at radius 1 is 1.18 bits per heavy atom. The van der Waals surface area contributed by atoms with Crippen LogP contribution in [0.3, 0.4) is 0 Å². The number of aromatic nitrogens is 4. The zero-order valence-electron chi connectivity index (χ0n) is 18.5. The largest absolute Gasteiger partial charge is 0.417 e. The van der Waals surface area contributed by atoms with E-state index in [0.29, 0.717) is 36.6 Å². The van der Waals surface area contributed by atoms with E-state index in [9.17, 15) is 18.0 Å². The quantitative estimate of drug-likeness (QED) is 0.554. The van der Waals surface area contributed by atoms with E-state index in [4.69, 9.17) is 0 Å². The van der Waals surface area contributed by atoms with Crippen molar-refractivity contribution in [2.45, 2.75) is 38.0 Å². The van der Waals surface area contributed by atoms with Gasteiger partial charge in [-0.25, -0.2) is 15.0 Å². The molecule has 0 bridgehead atoms. The molecule has 0 aliphatic carbocycles. The van der Waals surface area contributed by atoms with Crippen LogP contribution >= 0.6 is 0 Å².